The highest BCUT2D eigenvalue weighted by Crippen LogP contribution is 2.29. The molecule has 0 radical (unpaired) electrons. The van der Waals surface area contributed by atoms with Crippen molar-refractivity contribution in [2.75, 3.05) is 0 Å². The largest absolute Gasteiger partial charge is 0.347 e. The third kappa shape index (κ3) is 4.84. The highest BCUT2D eigenvalue weighted by atomic mass is 35.5. The Hall–Kier alpha value is -2.80. The molecular formula is C22H25ClFN5O. The van der Waals surface area contributed by atoms with Gasteiger partial charge in [-0.25, -0.2) is 4.39 Å². The number of rotatable bonds is 3. The molecule has 0 unspecified atom stereocenters. The van der Waals surface area contributed by atoms with Crippen molar-refractivity contribution in [3.05, 3.63) is 58.6 Å². The van der Waals surface area contributed by atoms with Gasteiger partial charge in [0.1, 0.15) is 5.82 Å². The van der Waals surface area contributed by atoms with E-state index in [0.29, 0.717) is 28.2 Å². The number of nitrogens with zero attached hydrogens (tertiary/aromatic N) is 4. The second kappa shape index (κ2) is 7.80. The molecule has 0 saturated heterocycles. The third-order valence-electron chi connectivity index (χ3n) is 4.31. The van der Waals surface area contributed by atoms with Crippen molar-refractivity contribution in [3.63, 3.8) is 0 Å². The lowest BCUT2D eigenvalue weighted by molar-refractivity contribution is 0.0919. The fourth-order valence-electron chi connectivity index (χ4n) is 2.95. The minimum absolute atomic E-state index is 0.0381. The van der Waals surface area contributed by atoms with Crippen LogP contribution in [0, 0.1) is 5.82 Å². The highest BCUT2D eigenvalue weighted by molar-refractivity contribution is 6.30. The lowest BCUT2D eigenvalue weighted by Crippen LogP contribution is -2.40. The number of carbonyl (C=O) groups excluding carboxylic acids is 1. The van der Waals surface area contributed by atoms with E-state index in [2.05, 4.69) is 20.8 Å². The van der Waals surface area contributed by atoms with Crippen molar-refractivity contribution in [2.45, 2.75) is 52.5 Å². The smallest absolute Gasteiger partial charge is 0.251 e. The number of hydrogen-bond donors (Lipinski definition) is 1. The van der Waals surface area contributed by atoms with E-state index in [9.17, 15) is 9.18 Å². The predicted octanol–water partition coefficient (Wildman–Crippen LogP) is 4.95. The number of hydrogen-bond acceptors (Lipinski definition) is 4. The second-order valence-corrected chi connectivity index (χ2v) is 9.67. The molecule has 0 spiro atoms. The minimum Gasteiger partial charge on any atom is -0.347 e. The van der Waals surface area contributed by atoms with E-state index in [1.165, 1.54) is 12.1 Å². The van der Waals surface area contributed by atoms with Crippen LogP contribution >= 0.6 is 11.6 Å². The first-order valence-corrected chi connectivity index (χ1v) is 9.95. The Bertz CT molecular complexity index is 1100. The molecule has 0 atom stereocenters. The summed E-state index contributed by atoms with van der Waals surface area (Å²) in [5.41, 5.74) is 1.54. The molecule has 1 N–H and O–H groups in total. The Morgan fingerprint density at radius 1 is 1.03 bits per heavy atom. The minimum atomic E-state index is -0.530. The molecule has 2 aromatic carbocycles. The number of amides is 1. The second-order valence-electron chi connectivity index (χ2n) is 9.27. The number of nitrogens with one attached hydrogen (secondary N) is 1. The van der Waals surface area contributed by atoms with Gasteiger partial charge in [0.05, 0.1) is 10.7 Å². The molecule has 0 aliphatic rings. The van der Waals surface area contributed by atoms with Gasteiger partial charge in [0.25, 0.3) is 5.91 Å². The summed E-state index contributed by atoms with van der Waals surface area (Å²) in [6.45, 7) is 11.7. The average Bonchev–Trinajstić information content (AvgIpc) is 3.12. The monoisotopic (exact) mass is 429 g/mol. The summed E-state index contributed by atoms with van der Waals surface area (Å²) in [7, 11) is 0. The first-order chi connectivity index (χ1) is 13.8. The molecular weight excluding hydrogens is 405 g/mol. The van der Waals surface area contributed by atoms with Gasteiger partial charge in [0.2, 0.25) is 0 Å². The van der Waals surface area contributed by atoms with Gasteiger partial charge in [0.15, 0.2) is 5.82 Å². The highest BCUT2D eigenvalue weighted by Gasteiger charge is 2.24. The van der Waals surface area contributed by atoms with Gasteiger partial charge in [-0.1, -0.05) is 38.4 Å². The van der Waals surface area contributed by atoms with Crippen LogP contribution in [-0.2, 0) is 5.41 Å². The van der Waals surface area contributed by atoms with Gasteiger partial charge in [-0.2, -0.15) is 4.68 Å². The molecule has 8 heteroatoms. The van der Waals surface area contributed by atoms with Crippen molar-refractivity contribution in [3.8, 4) is 16.8 Å². The van der Waals surface area contributed by atoms with E-state index < -0.39 is 11.4 Å². The maximum atomic E-state index is 14.1. The Balaban J connectivity index is 2.20. The van der Waals surface area contributed by atoms with Gasteiger partial charge in [-0.05, 0) is 72.7 Å². The number of halogens is 2. The quantitative estimate of drug-likeness (QED) is 0.639. The molecule has 1 aromatic heterocycles. The van der Waals surface area contributed by atoms with Crippen LogP contribution in [-0.4, -0.2) is 31.7 Å². The first-order valence-electron chi connectivity index (χ1n) is 9.57. The predicted molar refractivity (Wildman–Crippen MR) is 115 cm³/mol. The van der Waals surface area contributed by atoms with Crippen LogP contribution in [0.25, 0.3) is 16.8 Å². The van der Waals surface area contributed by atoms with E-state index in [4.69, 9.17) is 11.6 Å². The molecule has 0 bridgehead atoms. The summed E-state index contributed by atoms with van der Waals surface area (Å²) in [4.78, 5) is 12.9. The maximum Gasteiger partial charge on any atom is 0.251 e. The molecule has 0 aliphatic heterocycles. The van der Waals surface area contributed by atoms with Crippen LogP contribution in [0.1, 0.15) is 57.7 Å². The molecule has 1 amide bonds. The Morgan fingerprint density at radius 3 is 2.33 bits per heavy atom. The molecule has 0 aliphatic carbocycles. The molecule has 6 nitrogen and oxygen atoms in total. The van der Waals surface area contributed by atoms with Gasteiger partial charge < -0.3 is 5.32 Å². The summed E-state index contributed by atoms with van der Waals surface area (Å²) in [6.07, 6.45) is 0. The molecule has 3 rings (SSSR count). The zero-order valence-corrected chi connectivity index (χ0v) is 18.7. The summed E-state index contributed by atoms with van der Waals surface area (Å²) < 4.78 is 15.7. The van der Waals surface area contributed by atoms with Gasteiger partial charge in [-0.15, -0.1) is 5.10 Å². The van der Waals surface area contributed by atoms with Gasteiger partial charge in [-0.3, -0.25) is 4.79 Å². The lowest BCUT2D eigenvalue weighted by atomic mass is 9.95. The standard InChI is InChI=1S/C22H25ClFN5O/c1-21(2,3)20-26-27-28-29(20)16-10-14(13-7-8-17(23)18(24)12-13)9-15(11-16)19(30)25-22(4,5)6/h7-12H,1-6H3,(H,25,30). The Morgan fingerprint density at radius 2 is 1.73 bits per heavy atom. The summed E-state index contributed by atoms with van der Waals surface area (Å²) in [6, 6.07) is 9.81. The van der Waals surface area contributed by atoms with E-state index in [1.807, 2.05) is 47.6 Å². The average molecular weight is 430 g/mol. The number of aromatic nitrogens is 4. The van der Waals surface area contributed by atoms with E-state index in [-0.39, 0.29) is 16.3 Å². The molecule has 158 valence electrons. The topological polar surface area (TPSA) is 72.7 Å². The Kier molecular flexibility index (Phi) is 5.69. The molecule has 3 aromatic rings. The maximum absolute atomic E-state index is 14.1. The fourth-order valence-corrected chi connectivity index (χ4v) is 3.07. The number of carbonyl (C=O) groups is 1. The van der Waals surface area contributed by atoms with Gasteiger partial charge >= 0.3 is 0 Å². The van der Waals surface area contributed by atoms with Crippen molar-refractivity contribution in [1.29, 1.82) is 0 Å². The van der Waals surface area contributed by atoms with Crippen molar-refractivity contribution in [2.24, 2.45) is 0 Å². The van der Waals surface area contributed by atoms with Crippen LogP contribution in [0.5, 0.6) is 0 Å². The zero-order valence-electron chi connectivity index (χ0n) is 17.9. The van der Waals surface area contributed by atoms with Gasteiger partial charge in [0, 0.05) is 16.5 Å². The van der Waals surface area contributed by atoms with Crippen molar-refractivity contribution >= 4 is 17.5 Å². The zero-order chi connectivity index (χ0) is 22.3. The van der Waals surface area contributed by atoms with E-state index >= 15 is 0 Å². The normalized spacial score (nSPS) is 12.1. The van der Waals surface area contributed by atoms with E-state index in [0.717, 1.165) is 0 Å². The van der Waals surface area contributed by atoms with Crippen LogP contribution < -0.4 is 5.32 Å². The number of benzene rings is 2. The van der Waals surface area contributed by atoms with Crippen LogP contribution in [0.4, 0.5) is 4.39 Å². The number of tetrazole rings is 1. The summed E-state index contributed by atoms with van der Waals surface area (Å²) >= 11 is 5.84. The molecule has 0 fully saturated rings. The molecule has 0 saturated carbocycles. The molecule has 30 heavy (non-hydrogen) atoms. The van der Waals surface area contributed by atoms with Crippen LogP contribution in [0.15, 0.2) is 36.4 Å². The SMILES string of the molecule is CC(C)(C)NC(=O)c1cc(-c2ccc(Cl)c(F)c2)cc(-n2nnnc2C(C)(C)C)c1. The third-order valence-corrected chi connectivity index (χ3v) is 4.61. The van der Waals surface area contributed by atoms with Crippen LogP contribution in [0.3, 0.4) is 0 Å². The van der Waals surface area contributed by atoms with E-state index in [1.54, 1.807) is 22.9 Å². The lowest BCUT2D eigenvalue weighted by Gasteiger charge is -2.21. The van der Waals surface area contributed by atoms with Crippen LogP contribution in [0.2, 0.25) is 5.02 Å². The van der Waals surface area contributed by atoms with Crippen molar-refractivity contribution in [1.82, 2.24) is 25.5 Å². The van der Waals surface area contributed by atoms with Crippen molar-refractivity contribution < 1.29 is 9.18 Å². The summed E-state index contributed by atoms with van der Waals surface area (Å²) in [5, 5.41) is 15.1. The Labute approximate surface area is 180 Å². The molecule has 1 heterocycles. The first kappa shape index (κ1) is 21.9. The summed E-state index contributed by atoms with van der Waals surface area (Å²) in [5.74, 6) is -0.132. The fraction of sp³-hybridized carbons (Fsp3) is 0.364.